The first kappa shape index (κ1) is 12.9. The highest BCUT2D eigenvalue weighted by atomic mass is 32.2. The molecule has 0 aromatic carbocycles. The van der Waals surface area contributed by atoms with E-state index < -0.39 is 9.84 Å². The second kappa shape index (κ2) is 5.27. The molecule has 0 saturated carbocycles. The van der Waals surface area contributed by atoms with E-state index in [4.69, 9.17) is 5.73 Å². The summed E-state index contributed by atoms with van der Waals surface area (Å²) in [6.07, 6.45) is 2.88. The van der Waals surface area contributed by atoms with Gasteiger partial charge in [0.25, 0.3) is 0 Å². The van der Waals surface area contributed by atoms with Crippen LogP contribution in [0.25, 0.3) is 0 Å². The molecule has 0 amide bonds. The van der Waals surface area contributed by atoms with Crippen LogP contribution in [-0.2, 0) is 16.4 Å². The van der Waals surface area contributed by atoms with Gasteiger partial charge < -0.3 is 5.73 Å². The van der Waals surface area contributed by atoms with E-state index in [1.165, 1.54) is 6.26 Å². The standard InChI is InChI=1S/C10H17N3O2S/c1-13(5-6-16(2,14)15)8-10-7-9(11)3-4-12-10/h3-4,7H,5-6,8H2,1-2H3,(H2,11,12). The zero-order valence-corrected chi connectivity index (χ0v) is 10.4. The van der Waals surface area contributed by atoms with E-state index in [1.54, 1.807) is 18.3 Å². The van der Waals surface area contributed by atoms with Crippen molar-refractivity contribution in [3.63, 3.8) is 0 Å². The van der Waals surface area contributed by atoms with Crippen molar-refractivity contribution in [3.05, 3.63) is 24.0 Å². The third-order valence-corrected chi connectivity index (χ3v) is 3.04. The fraction of sp³-hybridized carbons (Fsp3) is 0.500. The third-order valence-electron chi connectivity index (χ3n) is 2.12. The van der Waals surface area contributed by atoms with Crippen molar-refractivity contribution in [1.29, 1.82) is 0 Å². The van der Waals surface area contributed by atoms with Gasteiger partial charge in [0.1, 0.15) is 9.84 Å². The van der Waals surface area contributed by atoms with Crippen molar-refractivity contribution in [2.45, 2.75) is 6.54 Å². The molecule has 2 N–H and O–H groups in total. The predicted molar refractivity (Wildman–Crippen MR) is 64.7 cm³/mol. The molecule has 0 radical (unpaired) electrons. The lowest BCUT2D eigenvalue weighted by molar-refractivity contribution is 0.342. The van der Waals surface area contributed by atoms with Crippen LogP contribution in [0.3, 0.4) is 0 Å². The molecule has 0 saturated heterocycles. The summed E-state index contributed by atoms with van der Waals surface area (Å²) in [5, 5.41) is 0. The van der Waals surface area contributed by atoms with E-state index in [-0.39, 0.29) is 5.75 Å². The molecule has 0 aliphatic rings. The van der Waals surface area contributed by atoms with Crippen LogP contribution in [0.4, 0.5) is 5.69 Å². The van der Waals surface area contributed by atoms with Gasteiger partial charge in [0.2, 0.25) is 0 Å². The number of anilines is 1. The Morgan fingerprint density at radius 2 is 2.19 bits per heavy atom. The summed E-state index contributed by atoms with van der Waals surface area (Å²) < 4.78 is 22.0. The van der Waals surface area contributed by atoms with Gasteiger partial charge in [-0.3, -0.25) is 9.88 Å². The molecule has 1 heterocycles. The van der Waals surface area contributed by atoms with Gasteiger partial charge in [-0.15, -0.1) is 0 Å². The van der Waals surface area contributed by atoms with Crippen LogP contribution in [-0.4, -0.2) is 43.9 Å². The van der Waals surface area contributed by atoms with E-state index in [9.17, 15) is 8.42 Å². The summed E-state index contributed by atoms with van der Waals surface area (Å²) in [5.41, 5.74) is 7.13. The highest BCUT2D eigenvalue weighted by Gasteiger charge is 2.06. The summed E-state index contributed by atoms with van der Waals surface area (Å²) >= 11 is 0. The predicted octanol–water partition coefficient (Wildman–Crippen LogP) is 0.140. The second-order valence-corrected chi connectivity index (χ2v) is 6.21. The molecule has 0 spiro atoms. The monoisotopic (exact) mass is 243 g/mol. The summed E-state index contributed by atoms with van der Waals surface area (Å²) in [4.78, 5) is 6.06. The third kappa shape index (κ3) is 5.09. The van der Waals surface area contributed by atoms with Crippen LogP contribution in [0, 0.1) is 0 Å². The van der Waals surface area contributed by atoms with Crippen molar-refractivity contribution < 1.29 is 8.42 Å². The van der Waals surface area contributed by atoms with E-state index in [0.29, 0.717) is 18.8 Å². The molecule has 90 valence electrons. The van der Waals surface area contributed by atoms with Crippen LogP contribution < -0.4 is 5.73 Å². The molecule has 0 aliphatic carbocycles. The molecule has 0 bridgehead atoms. The van der Waals surface area contributed by atoms with E-state index in [2.05, 4.69) is 4.98 Å². The van der Waals surface area contributed by atoms with Crippen LogP contribution in [0.5, 0.6) is 0 Å². The van der Waals surface area contributed by atoms with Crippen molar-refractivity contribution in [2.24, 2.45) is 0 Å². The van der Waals surface area contributed by atoms with Gasteiger partial charge in [-0.2, -0.15) is 0 Å². The lowest BCUT2D eigenvalue weighted by atomic mass is 10.3. The fourth-order valence-electron chi connectivity index (χ4n) is 1.26. The number of pyridine rings is 1. The minimum atomic E-state index is -2.91. The number of rotatable bonds is 5. The highest BCUT2D eigenvalue weighted by molar-refractivity contribution is 7.90. The Balaban J connectivity index is 2.49. The van der Waals surface area contributed by atoms with Gasteiger partial charge in [-0.05, 0) is 19.2 Å². The maximum atomic E-state index is 11.0. The largest absolute Gasteiger partial charge is 0.399 e. The summed E-state index contributed by atoms with van der Waals surface area (Å²) in [6.45, 7) is 1.09. The zero-order chi connectivity index (χ0) is 12.2. The maximum Gasteiger partial charge on any atom is 0.148 e. The minimum absolute atomic E-state index is 0.159. The van der Waals surface area contributed by atoms with Gasteiger partial charge in [0, 0.05) is 31.2 Å². The molecule has 0 aliphatic heterocycles. The average Bonchev–Trinajstić information content (AvgIpc) is 2.14. The lowest BCUT2D eigenvalue weighted by Gasteiger charge is -2.15. The number of nitrogens with zero attached hydrogens (tertiary/aromatic N) is 2. The second-order valence-electron chi connectivity index (χ2n) is 3.95. The topological polar surface area (TPSA) is 76.3 Å². The van der Waals surface area contributed by atoms with Crippen molar-refractivity contribution in [2.75, 3.05) is 31.3 Å². The van der Waals surface area contributed by atoms with Crippen LogP contribution in [0.1, 0.15) is 5.69 Å². The van der Waals surface area contributed by atoms with Crippen LogP contribution in [0.15, 0.2) is 18.3 Å². The number of hydrogen-bond acceptors (Lipinski definition) is 5. The summed E-state index contributed by atoms with van der Waals surface area (Å²) in [5.74, 6) is 0.159. The lowest BCUT2D eigenvalue weighted by Crippen LogP contribution is -2.25. The van der Waals surface area contributed by atoms with E-state index in [1.807, 2.05) is 11.9 Å². The molecule has 1 aromatic rings. The molecule has 1 aromatic heterocycles. The quantitative estimate of drug-likeness (QED) is 0.796. The fourth-order valence-corrected chi connectivity index (χ4v) is 1.90. The summed E-state index contributed by atoms with van der Waals surface area (Å²) in [6, 6.07) is 3.51. The number of sulfone groups is 1. The first-order valence-corrected chi connectivity index (χ1v) is 6.99. The van der Waals surface area contributed by atoms with E-state index >= 15 is 0 Å². The van der Waals surface area contributed by atoms with Gasteiger partial charge in [0.05, 0.1) is 11.4 Å². The number of nitrogen functional groups attached to an aromatic ring is 1. The van der Waals surface area contributed by atoms with Gasteiger partial charge >= 0.3 is 0 Å². The van der Waals surface area contributed by atoms with Crippen molar-refractivity contribution in [1.82, 2.24) is 9.88 Å². The van der Waals surface area contributed by atoms with E-state index in [0.717, 1.165) is 5.69 Å². The molecule has 6 heteroatoms. The molecule has 1 rings (SSSR count). The first-order chi connectivity index (χ1) is 7.37. The van der Waals surface area contributed by atoms with Gasteiger partial charge in [-0.1, -0.05) is 0 Å². The molecular formula is C10H17N3O2S. The van der Waals surface area contributed by atoms with Gasteiger partial charge in [-0.25, -0.2) is 8.42 Å². The van der Waals surface area contributed by atoms with Crippen LogP contribution >= 0.6 is 0 Å². The molecular weight excluding hydrogens is 226 g/mol. The molecule has 0 fully saturated rings. The Labute approximate surface area is 96.2 Å². The Kier molecular flexibility index (Phi) is 4.26. The summed E-state index contributed by atoms with van der Waals surface area (Å²) in [7, 11) is -1.05. The SMILES string of the molecule is CN(CCS(C)(=O)=O)Cc1cc(N)ccn1. The molecule has 5 nitrogen and oxygen atoms in total. The maximum absolute atomic E-state index is 11.0. The van der Waals surface area contributed by atoms with Crippen LogP contribution in [0.2, 0.25) is 0 Å². The van der Waals surface area contributed by atoms with Gasteiger partial charge in [0.15, 0.2) is 0 Å². The number of hydrogen-bond donors (Lipinski definition) is 1. The Morgan fingerprint density at radius 1 is 1.50 bits per heavy atom. The Bertz CT molecular complexity index is 445. The Hall–Kier alpha value is -1.14. The Morgan fingerprint density at radius 3 is 2.75 bits per heavy atom. The van der Waals surface area contributed by atoms with Crippen molar-refractivity contribution >= 4 is 15.5 Å². The smallest absolute Gasteiger partial charge is 0.148 e. The number of aromatic nitrogens is 1. The number of nitrogens with two attached hydrogens (primary N) is 1. The molecule has 0 atom stereocenters. The first-order valence-electron chi connectivity index (χ1n) is 4.93. The molecule has 0 unspecified atom stereocenters. The zero-order valence-electron chi connectivity index (χ0n) is 9.55. The highest BCUT2D eigenvalue weighted by Crippen LogP contribution is 2.05. The minimum Gasteiger partial charge on any atom is -0.399 e. The van der Waals surface area contributed by atoms with Crippen molar-refractivity contribution in [3.8, 4) is 0 Å². The average molecular weight is 243 g/mol. The normalized spacial score (nSPS) is 11.9. The molecule has 16 heavy (non-hydrogen) atoms.